The molecule has 0 amide bonds. The summed E-state index contributed by atoms with van der Waals surface area (Å²) in [5.41, 5.74) is 18.6. The van der Waals surface area contributed by atoms with Gasteiger partial charge in [0.05, 0.1) is 33.4 Å². The molecule has 0 unspecified atom stereocenters. The van der Waals surface area contributed by atoms with Crippen molar-refractivity contribution < 1.29 is 0 Å². The maximum atomic E-state index is 5.77. The fourth-order valence-corrected chi connectivity index (χ4v) is 11.4. The van der Waals surface area contributed by atoms with Crippen LogP contribution >= 0.6 is 0 Å². The molecular formula is C73H69N5. The summed E-state index contributed by atoms with van der Waals surface area (Å²) in [5.74, 6) is 1.77. The number of nitrogens with zero attached hydrogens (tertiary/aromatic N) is 5. The maximum Gasteiger partial charge on any atom is 0.166 e. The largest absolute Gasteiger partial charge is 0.308 e. The van der Waals surface area contributed by atoms with Gasteiger partial charge < -0.3 is 9.13 Å². The van der Waals surface area contributed by atoms with Gasteiger partial charge in [0, 0.05) is 49.4 Å². The summed E-state index contributed by atoms with van der Waals surface area (Å²) in [6.45, 7) is 27.6. The first-order chi connectivity index (χ1) is 37.2. The van der Waals surface area contributed by atoms with Crippen molar-refractivity contribution in [2.24, 2.45) is 0 Å². The van der Waals surface area contributed by atoms with E-state index in [4.69, 9.17) is 15.0 Å². The predicted octanol–water partition coefficient (Wildman–Crippen LogP) is 19.6. The van der Waals surface area contributed by atoms with Crippen LogP contribution in [0.5, 0.6) is 0 Å². The molecule has 0 N–H and O–H groups in total. The van der Waals surface area contributed by atoms with Crippen LogP contribution in [0.4, 0.5) is 0 Å². The van der Waals surface area contributed by atoms with Gasteiger partial charge in [-0.05, 0) is 116 Å². The lowest BCUT2D eigenvalue weighted by Gasteiger charge is -2.22. The Labute approximate surface area is 460 Å². The Morgan fingerprint density at radius 3 is 0.821 bits per heavy atom. The summed E-state index contributed by atoms with van der Waals surface area (Å²) in [7, 11) is 0. The Kier molecular flexibility index (Phi) is 12.1. The predicted molar refractivity (Wildman–Crippen MR) is 330 cm³/mol. The Bertz CT molecular complexity index is 3870. The summed E-state index contributed by atoms with van der Waals surface area (Å²) in [4.78, 5) is 16.9. The molecule has 78 heavy (non-hydrogen) atoms. The molecule has 3 heterocycles. The third-order valence-corrected chi connectivity index (χ3v) is 15.8. The van der Waals surface area contributed by atoms with Crippen LogP contribution in [0.1, 0.15) is 105 Å². The van der Waals surface area contributed by atoms with E-state index in [2.05, 4.69) is 286 Å². The van der Waals surface area contributed by atoms with Crippen LogP contribution in [0.15, 0.2) is 200 Å². The van der Waals surface area contributed by atoms with Gasteiger partial charge in [-0.3, -0.25) is 0 Å². The minimum atomic E-state index is -0.0485. The zero-order chi connectivity index (χ0) is 54.5. The fraction of sp³-hybridized carbons (Fsp3) is 0.219. The van der Waals surface area contributed by atoms with Crippen molar-refractivity contribution >= 4 is 43.6 Å². The van der Waals surface area contributed by atoms with E-state index >= 15 is 0 Å². The lowest BCUT2D eigenvalue weighted by molar-refractivity contribution is 0.590. The van der Waals surface area contributed by atoms with Crippen LogP contribution in [-0.4, -0.2) is 24.1 Å². The normalized spacial score (nSPS) is 12.6. The SMILES string of the molecule is CC(C)(C)c1ccc2c(c1)c1cc(C(C)(C)C)ccc1n2-c1c(-c2ccccc2)cccc1-c1nc(-c2ccccc2)nc(-c2cccc(-c3ccccc3)c2-n2c3ccc(C(C)(C)C)cc3c3cc(C(C)(C)C)ccc32)n1. The molecule has 12 aromatic rings. The topological polar surface area (TPSA) is 48.5 Å². The second kappa shape index (κ2) is 18.7. The summed E-state index contributed by atoms with van der Waals surface area (Å²) in [5, 5.41) is 4.88. The molecule has 0 atom stereocenters. The molecule has 0 saturated heterocycles. The number of hydrogen-bond donors (Lipinski definition) is 0. The Morgan fingerprint density at radius 2 is 0.526 bits per heavy atom. The van der Waals surface area contributed by atoms with Crippen LogP contribution in [0.3, 0.4) is 0 Å². The Morgan fingerprint density at radius 1 is 0.256 bits per heavy atom. The molecule has 5 heteroatoms. The van der Waals surface area contributed by atoms with Gasteiger partial charge in [-0.2, -0.15) is 0 Å². The van der Waals surface area contributed by atoms with Gasteiger partial charge in [0.15, 0.2) is 17.5 Å². The average Bonchev–Trinajstić information content (AvgIpc) is 4.00. The van der Waals surface area contributed by atoms with Gasteiger partial charge in [-0.1, -0.05) is 223 Å². The van der Waals surface area contributed by atoms with E-state index in [-0.39, 0.29) is 21.7 Å². The van der Waals surface area contributed by atoms with Crippen LogP contribution in [0.2, 0.25) is 0 Å². The summed E-state index contributed by atoms with van der Waals surface area (Å²) < 4.78 is 4.95. The molecule has 0 saturated carbocycles. The van der Waals surface area contributed by atoms with Crippen molar-refractivity contribution in [1.29, 1.82) is 0 Å². The molecular weight excluding hydrogens is 947 g/mol. The molecule has 0 radical (unpaired) electrons. The molecule has 3 aromatic heterocycles. The molecule has 9 aromatic carbocycles. The number of benzene rings is 9. The van der Waals surface area contributed by atoms with E-state index in [0.29, 0.717) is 17.5 Å². The first kappa shape index (κ1) is 50.4. The van der Waals surface area contributed by atoms with Gasteiger partial charge in [0.1, 0.15) is 0 Å². The first-order valence-electron chi connectivity index (χ1n) is 27.6. The van der Waals surface area contributed by atoms with Gasteiger partial charge >= 0.3 is 0 Å². The monoisotopic (exact) mass is 1020 g/mol. The zero-order valence-electron chi connectivity index (χ0n) is 47.3. The molecule has 12 rings (SSSR count). The lowest BCUT2D eigenvalue weighted by atomic mass is 9.85. The Hall–Kier alpha value is -8.41. The van der Waals surface area contributed by atoms with Gasteiger partial charge in [-0.15, -0.1) is 0 Å². The van der Waals surface area contributed by atoms with Crippen molar-refractivity contribution in [2.45, 2.75) is 105 Å². The number of para-hydroxylation sites is 2. The van der Waals surface area contributed by atoms with Gasteiger partial charge in [0.2, 0.25) is 0 Å². The van der Waals surface area contributed by atoms with E-state index in [1.54, 1.807) is 0 Å². The van der Waals surface area contributed by atoms with Crippen molar-refractivity contribution in [2.75, 3.05) is 0 Å². The minimum absolute atomic E-state index is 0.0485. The van der Waals surface area contributed by atoms with Crippen molar-refractivity contribution in [1.82, 2.24) is 24.1 Å². The number of rotatable bonds is 7. The minimum Gasteiger partial charge on any atom is -0.308 e. The summed E-state index contributed by atoms with van der Waals surface area (Å²) in [6, 6.07) is 73.4. The van der Waals surface area contributed by atoms with E-state index in [1.165, 1.54) is 43.8 Å². The number of aromatic nitrogens is 5. The molecule has 5 nitrogen and oxygen atoms in total. The van der Waals surface area contributed by atoms with E-state index in [9.17, 15) is 0 Å². The quantitative estimate of drug-likeness (QED) is 0.160. The number of fused-ring (bicyclic) bond motifs is 6. The highest BCUT2D eigenvalue weighted by atomic mass is 15.1. The third-order valence-electron chi connectivity index (χ3n) is 15.8. The second-order valence-corrected chi connectivity index (χ2v) is 25.4. The maximum absolute atomic E-state index is 5.77. The summed E-state index contributed by atoms with van der Waals surface area (Å²) >= 11 is 0. The molecule has 386 valence electrons. The van der Waals surface area contributed by atoms with Crippen molar-refractivity contribution in [3.8, 4) is 67.8 Å². The molecule has 0 aliphatic heterocycles. The standard InChI is InChI=1S/C73H69N5/c1-70(2,3)49-34-38-61-57(42-49)58-43-50(71(4,5)6)35-39-62(58)77(61)65-53(46-24-16-13-17-25-46)30-22-32-55(65)68-74-67(48-28-20-15-21-29-48)75-69(76-68)56-33-23-31-54(47-26-18-14-19-27-47)66(56)78-63-40-36-51(72(7,8)9)44-59(63)60-45-52(73(10,11)12)37-41-64(60)78/h13-45H,1-12H3. The van der Waals surface area contributed by atoms with Gasteiger partial charge in [0.25, 0.3) is 0 Å². The fourth-order valence-electron chi connectivity index (χ4n) is 11.4. The highest BCUT2D eigenvalue weighted by molar-refractivity contribution is 6.12. The zero-order valence-corrected chi connectivity index (χ0v) is 47.3. The first-order valence-corrected chi connectivity index (χ1v) is 27.6. The van der Waals surface area contributed by atoms with Crippen LogP contribution in [0.25, 0.3) is 111 Å². The van der Waals surface area contributed by atoms with Crippen LogP contribution in [0, 0.1) is 0 Å². The van der Waals surface area contributed by atoms with Crippen LogP contribution in [-0.2, 0) is 21.7 Å². The van der Waals surface area contributed by atoms with Crippen molar-refractivity contribution in [3.05, 3.63) is 222 Å². The molecule has 0 bridgehead atoms. The van der Waals surface area contributed by atoms with E-state index in [1.807, 2.05) is 6.07 Å². The van der Waals surface area contributed by atoms with Crippen molar-refractivity contribution in [3.63, 3.8) is 0 Å². The van der Waals surface area contributed by atoms with Gasteiger partial charge in [-0.25, -0.2) is 15.0 Å². The highest BCUT2D eigenvalue weighted by Gasteiger charge is 2.29. The molecule has 0 spiro atoms. The number of hydrogen-bond acceptors (Lipinski definition) is 3. The lowest BCUT2D eigenvalue weighted by Crippen LogP contribution is -2.10. The summed E-state index contributed by atoms with van der Waals surface area (Å²) in [6.07, 6.45) is 0. The third kappa shape index (κ3) is 8.89. The molecule has 0 aliphatic carbocycles. The van der Waals surface area contributed by atoms with Crippen LogP contribution < -0.4 is 0 Å². The highest BCUT2D eigenvalue weighted by Crippen LogP contribution is 2.46. The molecule has 0 fully saturated rings. The van der Waals surface area contributed by atoms with E-state index in [0.717, 1.165) is 72.4 Å². The van der Waals surface area contributed by atoms with E-state index < -0.39 is 0 Å². The molecule has 0 aliphatic rings. The second-order valence-electron chi connectivity index (χ2n) is 25.4. The smallest absolute Gasteiger partial charge is 0.166 e. The average molecular weight is 1020 g/mol. The Balaban J connectivity index is 1.20.